The van der Waals surface area contributed by atoms with Crippen LogP contribution < -0.4 is 15.8 Å². The van der Waals surface area contributed by atoms with E-state index in [4.69, 9.17) is 15.2 Å². The van der Waals surface area contributed by atoms with Crippen LogP contribution >= 0.6 is 11.8 Å². The number of fused-ring (bicyclic) bond motifs is 1. The summed E-state index contributed by atoms with van der Waals surface area (Å²) >= 11 is 1.24. The zero-order valence-electron chi connectivity index (χ0n) is 19.9. The van der Waals surface area contributed by atoms with E-state index >= 15 is 0 Å². The average molecular weight is 501 g/mol. The van der Waals surface area contributed by atoms with Crippen LogP contribution in [0.4, 0.5) is 20.3 Å². The van der Waals surface area contributed by atoms with Gasteiger partial charge in [-0.1, -0.05) is 17.7 Å². The molecular weight excluding hydrogens is 474 g/mol. The molecule has 3 N–H and O–H groups in total. The standard InChI is InChI=1S/C24H26F2N6O2S/c1-5-6-9-34-19-13-30-21-18(32-19)7-8-29-22(21)31-16-10-15(20(26)17(25)11-16)12-24(2,14-33-4)35-23(27)28-3/h7-8,10-11,13H,9,12,14H2,1-4H3,(H2,27,28)(H,29,31)/t24-/m1/s1. The molecule has 1 aromatic carbocycles. The number of aliphatic imine (C=N–C) groups is 1. The lowest BCUT2D eigenvalue weighted by Crippen LogP contribution is -2.33. The fraction of sp³-hybridized carbons (Fsp3) is 0.333. The van der Waals surface area contributed by atoms with Crippen molar-refractivity contribution in [1.82, 2.24) is 15.0 Å². The van der Waals surface area contributed by atoms with Crippen molar-refractivity contribution in [3.63, 3.8) is 0 Å². The fourth-order valence-corrected chi connectivity index (χ4v) is 4.38. The van der Waals surface area contributed by atoms with E-state index in [1.165, 1.54) is 37.3 Å². The van der Waals surface area contributed by atoms with Crippen molar-refractivity contribution in [2.24, 2.45) is 10.7 Å². The highest BCUT2D eigenvalue weighted by Gasteiger charge is 2.29. The predicted octanol–water partition coefficient (Wildman–Crippen LogP) is 4.07. The number of halogens is 2. The van der Waals surface area contributed by atoms with Crippen LogP contribution in [0.2, 0.25) is 0 Å². The normalized spacial score (nSPS) is 13.1. The third-order valence-corrected chi connectivity index (χ3v) is 6.01. The molecule has 3 aromatic rings. The van der Waals surface area contributed by atoms with Crippen molar-refractivity contribution >= 4 is 39.5 Å². The number of anilines is 2. The van der Waals surface area contributed by atoms with Gasteiger partial charge >= 0.3 is 0 Å². The van der Waals surface area contributed by atoms with Crippen LogP contribution in [0.1, 0.15) is 19.4 Å². The molecule has 11 heteroatoms. The second-order valence-electron chi connectivity index (χ2n) is 7.73. The maximum atomic E-state index is 14.8. The van der Waals surface area contributed by atoms with Crippen molar-refractivity contribution in [2.75, 3.05) is 32.7 Å². The van der Waals surface area contributed by atoms with E-state index in [-0.39, 0.29) is 25.2 Å². The molecule has 0 aliphatic rings. The Morgan fingerprint density at radius 2 is 2.11 bits per heavy atom. The Morgan fingerprint density at radius 3 is 2.83 bits per heavy atom. The van der Waals surface area contributed by atoms with Crippen molar-refractivity contribution in [1.29, 1.82) is 0 Å². The lowest BCUT2D eigenvalue weighted by molar-refractivity contribution is 0.173. The largest absolute Gasteiger partial charge is 0.463 e. The molecule has 2 aromatic heterocycles. The van der Waals surface area contributed by atoms with E-state index in [0.717, 1.165) is 6.07 Å². The number of rotatable bonds is 9. The zero-order valence-corrected chi connectivity index (χ0v) is 20.7. The molecule has 0 fully saturated rings. The summed E-state index contributed by atoms with van der Waals surface area (Å²) < 4.78 is 39.4. The van der Waals surface area contributed by atoms with E-state index in [0.29, 0.717) is 33.6 Å². The number of pyridine rings is 1. The predicted molar refractivity (Wildman–Crippen MR) is 135 cm³/mol. The van der Waals surface area contributed by atoms with Crippen LogP contribution in [0.15, 0.2) is 35.6 Å². The second kappa shape index (κ2) is 11.8. The third kappa shape index (κ3) is 6.77. The summed E-state index contributed by atoms with van der Waals surface area (Å²) in [6.07, 6.45) is 3.13. The van der Waals surface area contributed by atoms with E-state index in [2.05, 4.69) is 37.1 Å². The SMILES string of the molecule is CC#CCOc1cnc2c(Nc3cc(F)c(F)c(C[C@](C)(COC)SC(N)=NC)c3)nccc2n1. The van der Waals surface area contributed by atoms with Gasteiger partial charge in [-0.15, -0.1) is 5.92 Å². The highest BCUT2D eigenvalue weighted by atomic mass is 32.2. The quantitative estimate of drug-likeness (QED) is 0.257. The lowest BCUT2D eigenvalue weighted by atomic mass is 9.99. The Labute approximate surface area is 206 Å². The van der Waals surface area contributed by atoms with Gasteiger partial charge in [0.05, 0.1) is 18.3 Å². The van der Waals surface area contributed by atoms with Gasteiger partial charge in [-0.2, -0.15) is 0 Å². The summed E-state index contributed by atoms with van der Waals surface area (Å²) in [6, 6.07) is 4.27. The molecule has 2 heterocycles. The van der Waals surface area contributed by atoms with Crippen LogP contribution in [-0.2, 0) is 11.2 Å². The molecule has 0 aliphatic carbocycles. The van der Waals surface area contributed by atoms with Gasteiger partial charge in [-0.05, 0) is 38.0 Å². The van der Waals surface area contributed by atoms with Crippen LogP contribution in [-0.4, -0.2) is 52.2 Å². The molecule has 0 bridgehead atoms. The molecule has 8 nitrogen and oxygen atoms in total. The minimum atomic E-state index is -0.995. The molecule has 0 unspecified atom stereocenters. The molecule has 0 spiro atoms. The lowest BCUT2D eigenvalue weighted by Gasteiger charge is -2.28. The van der Waals surface area contributed by atoms with Gasteiger partial charge in [0.2, 0.25) is 5.88 Å². The molecule has 0 saturated carbocycles. The number of hydrogen-bond donors (Lipinski definition) is 2. The van der Waals surface area contributed by atoms with Gasteiger partial charge in [-0.25, -0.2) is 23.7 Å². The molecule has 0 aliphatic heterocycles. The van der Waals surface area contributed by atoms with E-state index < -0.39 is 16.4 Å². The topological polar surface area (TPSA) is 108 Å². The summed E-state index contributed by atoms with van der Waals surface area (Å²) in [4.78, 5) is 17.0. The van der Waals surface area contributed by atoms with Crippen LogP contribution in [0, 0.1) is 23.5 Å². The van der Waals surface area contributed by atoms with Gasteiger partial charge in [-0.3, -0.25) is 4.99 Å². The minimum Gasteiger partial charge on any atom is -0.463 e. The van der Waals surface area contributed by atoms with Crippen LogP contribution in [0.5, 0.6) is 5.88 Å². The first-order valence-electron chi connectivity index (χ1n) is 10.6. The molecule has 35 heavy (non-hydrogen) atoms. The number of nitrogens with two attached hydrogens (primary N) is 1. The highest BCUT2D eigenvalue weighted by Crippen LogP contribution is 2.33. The molecule has 0 radical (unpaired) electrons. The van der Waals surface area contributed by atoms with Gasteiger partial charge in [0.15, 0.2) is 29.2 Å². The zero-order chi connectivity index (χ0) is 25.4. The molecule has 0 amide bonds. The molecule has 184 valence electrons. The van der Waals surface area contributed by atoms with E-state index in [9.17, 15) is 8.78 Å². The monoisotopic (exact) mass is 500 g/mol. The minimum absolute atomic E-state index is 0.143. The van der Waals surface area contributed by atoms with Gasteiger partial charge < -0.3 is 20.5 Å². The van der Waals surface area contributed by atoms with Crippen molar-refractivity contribution in [3.05, 3.63) is 47.8 Å². The number of amidine groups is 1. The summed E-state index contributed by atoms with van der Waals surface area (Å²) in [5, 5.41) is 3.35. The number of nitrogens with one attached hydrogen (secondary N) is 1. The van der Waals surface area contributed by atoms with E-state index in [1.54, 1.807) is 20.0 Å². The summed E-state index contributed by atoms with van der Waals surface area (Å²) in [6.45, 7) is 4.01. The smallest absolute Gasteiger partial charge is 0.233 e. The Morgan fingerprint density at radius 1 is 1.31 bits per heavy atom. The van der Waals surface area contributed by atoms with Gasteiger partial charge in [0.1, 0.15) is 5.52 Å². The highest BCUT2D eigenvalue weighted by molar-refractivity contribution is 8.15. The average Bonchev–Trinajstić information content (AvgIpc) is 2.82. The first-order chi connectivity index (χ1) is 16.8. The van der Waals surface area contributed by atoms with Gasteiger partial charge in [0, 0.05) is 36.9 Å². The number of thioether (sulfide) groups is 1. The Balaban J connectivity index is 1.91. The summed E-state index contributed by atoms with van der Waals surface area (Å²) in [5.74, 6) is 4.25. The summed E-state index contributed by atoms with van der Waals surface area (Å²) in [7, 11) is 3.10. The number of benzene rings is 1. The molecular formula is C24H26F2N6O2S. The summed E-state index contributed by atoms with van der Waals surface area (Å²) in [5.41, 5.74) is 7.31. The molecule has 3 rings (SSSR count). The molecule has 0 saturated heterocycles. The number of ether oxygens (including phenoxy) is 2. The van der Waals surface area contributed by atoms with Crippen LogP contribution in [0.25, 0.3) is 11.0 Å². The number of aromatic nitrogens is 3. The van der Waals surface area contributed by atoms with Gasteiger partial charge in [0.25, 0.3) is 0 Å². The Hall–Kier alpha value is -3.49. The first-order valence-corrected chi connectivity index (χ1v) is 11.4. The van der Waals surface area contributed by atoms with Crippen molar-refractivity contribution in [3.8, 4) is 17.7 Å². The number of hydrogen-bond acceptors (Lipinski definition) is 8. The Kier molecular flexibility index (Phi) is 8.78. The van der Waals surface area contributed by atoms with Crippen molar-refractivity contribution in [2.45, 2.75) is 25.0 Å². The van der Waals surface area contributed by atoms with Crippen molar-refractivity contribution < 1.29 is 18.3 Å². The van der Waals surface area contributed by atoms with E-state index in [1.807, 2.05) is 6.92 Å². The molecule has 1 atom stereocenters. The third-order valence-electron chi connectivity index (χ3n) is 4.86. The second-order valence-corrected chi connectivity index (χ2v) is 9.34. The van der Waals surface area contributed by atoms with Crippen LogP contribution in [0.3, 0.4) is 0 Å². The number of nitrogens with zero attached hydrogens (tertiary/aromatic N) is 4. The maximum Gasteiger partial charge on any atom is 0.233 e. The maximum absolute atomic E-state index is 14.8. The first kappa shape index (κ1) is 26.1. The fourth-order valence-electron chi connectivity index (χ4n) is 3.38. The number of methoxy groups -OCH3 is 1. The Bertz CT molecular complexity index is 1290.